The summed E-state index contributed by atoms with van der Waals surface area (Å²) in [4.78, 5) is 10.9. The summed E-state index contributed by atoms with van der Waals surface area (Å²) in [6.45, 7) is 0.800. The number of aromatic nitrogens is 2. The molecule has 112 valence electrons. The molecule has 0 aliphatic rings. The maximum absolute atomic E-state index is 12.6. The lowest BCUT2D eigenvalue weighted by molar-refractivity contribution is -0.135. The number of aromatic amines is 1. The number of anilines is 2. The number of nitrogens with zero attached hydrogens (tertiary/aromatic N) is 2. The number of hydrogen-bond donors (Lipinski definition) is 3. The number of benzene rings is 1. The first-order valence-corrected chi connectivity index (χ1v) is 7.37. The summed E-state index contributed by atoms with van der Waals surface area (Å²) in [5.41, 5.74) is 6.36. The Hall–Kier alpha value is -2.55. The highest BCUT2D eigenvalue weighted by Gasteiger charge is 2.30. The molecule has 0 bridgehead atoms. The third-order valence-electron chi connectivity index (χ3n) is 2.84. The number of sulfonamides is 1. The Bertz CT molecular complexity index is 769. The van der Waals surface area contributed by atoms with Gasteiger partial charge in [0.15, 0.2) is 0 Å². The Morgan fingerprint density at radius 3 is 2.62 bits per heavy atom. The van der Waals surface area contributed by atoms with Crippen LogP contribution in [0.3, 0.4) is 0 Å². The second-order valence-corrected chi connectivity index (χ2v) is 6.15. The van der Waals surface area contributed by atoms with Crippen molar-refractivity contribution in [1.29, 1.82) is 0 Å². The number of aliphatic carboxylic acids is 1. The summed E-state index contributed by atoms with van der Waals surface area (Å²) in [5.74, 6) is -1.29. The number of hydrogen-bond acceptors (Lipinski definition) is 5. The van der Waals surface area contributed by atoms with Gasteiger partial charge in [-0.3, -0.25) is 14.2 Å². The molecule has 0 saturated carbocycles. The van der Waals surface area contributed by atoms with Gasteiger partial charge in [0.2, 0.25) is 0 Å². The number of aryl methyl sites for hydroxylation is 1. The van der Waals surface area contributed by atoms with Gasteiger partial charge < -0.3 is 10.8 Å². The highest BCUT2D eigenvalue weighted by Crippen LogP contribution is 2.29. The van der Waals surface area contributed by atoms with Crippen molar-refractivity contribution in [3.8, 4) is 0 Å². The highest BCUT2D eigenvalue weighted by atomic mass is 32.2. The van der Waals surface area contributed by atoms with Crippen molar-refractivity contribution in [2.24, 2.45) is 0 Å². The number of nitrogen functional groups attached to an aromatic ring is 1. The van der Waals surface area contributed by atoms with E-state index in [0.29, 0.717) is 5.69 Å². The largest absolute Gasteiger partial charge is 0.480 e. The predicted molar refractivity (Wildman–Crippen MR) is 76.3 cm³/mol. The van der Waals surface area contributed by atoms with E-state index in [0.717, 1.165) is 10.5 Å². The van der Waals surface area contributed by atoms with Crippen LogP contribution in [0.2, 0.25) is 0 Å². The molecule has 4 N–H and O–H groups in total. The van der Waals surface area contributed by atoms with Crippen molar-refractivity contribution in [2.75, 3.05) is 16.6 Å². The van der Waals surface area contributed by atoms with E-state index in [1.807, 2.05) is 0 Å². The maximum Gasteiger partial charge on any atom is 0.324 e. The van der Waals surface area contributed by atoms with Crippen molar-refractivity contribution in [1.82, 2.24) is 10.2 Å². The lowest BCUT2D eigenvalue weighted by Crippen LogP contribution is -2.36. The van der Waals surface area contributed by atoms with Gasteiger partial charge in [0.05, 0.1) is 23.3 Å². The molecule has 0 saturated heterocycles. The minimum absolute atomic E-state index is 0.0907. The topological polar surface area (TPSA) is 129 Å². The quantitative estimate of drug-likeness (QED) is 0.693. The molecule has 2 aromatic rings. The first-order chi connectivity index (χ1) is 9.84. The Labute approximate surface area is 121 Å². The van der Waals surface area contributed by atoms with Gasteiger partial charge in [-0.25, -0.2) is 8.42 Å². The van der Waals surface area contributed by atoms with E-state index in [2.05, 4.69) is 10.2 Å². The number of carbonyl (C=O) groups is 1. The fraction of sp³-hybridized carbons (Fsp3) is 0.167. The van der Waals surface area contributed by atoms with Gasteiger partial charge in [-0.1, -0.05) is 12.1 Å². The summed E-state index contributed by atoms with van der Waals surface area (Å²) in [5, 5.41) is 15.2. The molecular weight excluding hydrogens is 296 g/mol. The van der Waals surface area contributed by atoms with E-state index >= 15 is 0 Å². The third-order valence-corrected chi connectivity index (χ3v) is 4.71. The van der Waals surface area contributed by atoms with Gasteiger partial charge >= 0.3 is 5.97 Å². The summed E-state index contributed by atoms with van der Waals surface area (Å²) >= 11 is 0. The number of carboxylic acids is 1. The number of H-pyrrole nitrogens is 1. The van der Waals surface area contributed by atoms with E-state index in [1.54, 1.807) is 12.1 Å². The smallest absolute Gasteiger partial charge is 0.324 e. The van der Waals surface area contributed by atoms with Gasteiger partial charge in [-0.2, -0.15) is 5.10 Å². The van der Waals surface area contributed by atoms with Crippen molar-refractivity contribution in [3.63, 3.8) is 0 Å². The van der Waals surface area contributed by atoms with Crippen LogP contribution in [0.15, 0.2) is 35.4 Å². The van der Waals surface area contributed by atoms with E-state index in [9.17, 15) is 13.2 Å². The molecule has 2 rings (SSSR count). The first-order valence-electron chi connectivity index (χ1n) is 5.93. The first kappa shape index (κ1) is 14.9. The standard InChI is InChI=1S/C12H14N4O4S/c1-8-11(6-14-15-8)21(19,20)16(7-12(17)18)10-5-3-2-4-9(10)13/h2-6H,7,13H2,1H3,(H,14,15)(H,17,18). The fourth-order valence-corrected chi connectivity index (χ4v) is 3.42. The van der Waals surface area contributed by atoms with Gasteiger partial charge in [0.1, 0.15) is 11.4 Å². The van der Waals surface area contributed by atoms with Crippen LogP contribution in [0.4, 0.5) is 11.4 Å². The fourth-order valence-electron chi connectivity index (χ4n) is 1.86. The zero-order chi connectivity index (χ0) is 15.6. The second kappa shape index (κ2) is 5.44. The van der Waals surface area contributed by atoms with Crippen molar-refractivity contribution < 1.29 is 18.3 Å². The molecule has 1 aromatic carbocycles. The van der Waals surface area contributed by atoms with E-state index in [1.165, 1.54) is 19.1 Å². The van der Waals surface area contributed by atoms with Crippen LogP contribution in [0.1, 0.15) is 5.69 Å². The molecule has 0 amide bonds. The molecule has 1 heterocycles. The van der Waals surface area contributed by atoms with Crippen LogP contribution in [-0.4, -0.2) is 36.2 Å². The second-order valence-electron chi connectivity index (χ2n) is 4.32. The van der Waals surface area contributed by atoms with Gasteiger partial charge in [-0.15, -0.1) is 0 Å². The molecular formula is C12H14N4O4S. The zero-order valence-corrected chi connectivity index (χ0v) is 12.0. The predicted octanol–water partition coefficient (Wildman–Crippen LogP) is 0.580. The average Bonchev–Trinajstić information content (AvgIpc) is 2.83. The van der Waals surface area contributed by atoms with Crippen LogP contribution >= 0.6 is 0 Å². The van der Waals surface area contributed by atoms with Crippen LogP contribution < -0.4 is 10.0 Å². The van der Waals surface area contributed by atoms with Crippen LogP contribution in [0.5, 0.6) is 0 Å². The molecule has 0 aliphatic heterocycles. The number of nitrogens with two attached hydrogens (primary N) is 1. The molecule has 0 radical (unpaired) electrons. The van der Waals surface area contributed by atoms with Crippen molar-refractivity contribution in [3.05, 3.63) is 36.2 Å². The van der Waals surface area contributed by atoms with Crippen molar-refractivity contribution in [2.45, 2.75) is 11.8 Å². The zero-order valence-electron chi connectivity index (χ0n) is 11.1. The van der Waals surface area contributed by atoms with Crippen LogP contribution in [0, 0.1) is 6.92 Å². The summed E-state index contributed by atoms with van der Waals surface area (Å²) in [7, 11) is -4.08. The minimum Gasteiger partial charge on any atom is -0.480 e. The van der Waals surface area contributed by atoms with Gasteiger partial charge in [0.25, 0.3) is 10.0 Å². The van der Waals surface area contributed by atoms with Gasteiger partial charge in [-0.05, 0) is 19.1 Å². The SMILES string of the molecule is Cc1[nH]ncc1S(=O)(=O)N(CC(=O)O)c1ccccc1N. The van der Waals surface area contributed by atoms with Crippen molar-refractivity contribution >= 4 is 27.4 Å². The van der Waals surface area contributed by atoms with Gasteiger partial charge in [0, 0.05) is 0 Å². The molecule has 9 heteroatoms. The molecule has 0 spiro atoms. The molecule has 0 fully saturated rings. The molecule has 0 aliphatic carbocycles. The van der Waals surface area contributed by atoms with E-state index in [4.69, 9.17) is 10.8 Å². The summed E-state index contributed by atoms with van der Waals surface area (Å²) in [6.07, 6.45) is 1.14. The molecule has 8 nitrogen and oxygen atoms in total. The van der Waals surface area contributed by atoms with E-state index < -0.39 is 22.5 Å². The summed E-state index contributed by atoms with van der Waals surface area (Å²) < 4.78 is 26.1. The summed E-state index contributed by atoms with van der Waals surface area (Å²) in [6, 6.07) is 6.17. The lowest BCUT2D eigenvalue weighted by Gasteiger charge is -2.23. The molecule has 0 unspecified atom stereocenters. The molecule has 1 aromatic heterocycles. The molecule has 21 heavy (non-hydrogen) atoms. The third kappa shape index (κ3) is 2.82. The Morgan fingerprint density at radius 1 is 1.43 bits per heavy atom. The average molecular weight is 310 g/mol. The monoisotopic (exact) mass is 310 g/mol. The van der Waals surface area contributed by atoms with E-state index in [-0.39, 0.29) is 16.3 Å². The Balaban J connectivity index is 2.59. The highest BCUT2D eigenvalue weighted by molar-refractivity contribution is 7.93. The Kier molecular flexibility index (Phi) is 3.85. The number of nitrogens with one attached hydrogen (secondary N) is 1. The number of para-hydroxylation sites is 2. The maximum atomic E-state index is 12.6. The number of rotatable bonds is 5. The lowest BCUT2D eigenvalue weighted by atomic mass is 10.3. The normalized spacial score (nSPS) is 11.3. The number of carboxylic acid groups (broad SMARTS) is 1. The van der Waals surface area contributed by atoms with Crippen LogP contribution in [-0.2, 0) is 14.8 Å². The Morgan fingerprint density at radius 2 is 2.10 bits per heavy atom. The van der Waals surface area contributed by atoms with Crippen LogP contribution in [0.25, 0.3) is 0 Å². The molecule has 0 atom stereocenters. The minimum atomic E-state index is -4.08.